The van der Waals surface area contributed by atoms with Crippen molar-refractivity contribution < 1.29 is 9.53 Å². The molecule has 108 valence electrons. The van der Waals surface area contributed by atoms with Crippen LogP contribution in [0.3, 0.4) is 0 Å². The van der Waals surface area contributed by atoms with Gasteiger partial charge in [0.2, 0.25) is 5.91 Å². The molecule has 0 fully saturated rings. The summed E-state index contributed by atoms with van der Waals surface area (Å²) in [6.45, 7) is 6.43. The van der Waals surface area contributed by atoms with Crippen LogP contribution < -0.4 is 10.6 Å². The fourth-order valence-electron chi connectivity index (χ4n) is 1.76. The van der Waals surface area contributed by atoms with E-state index in [0.29, 0.717) is 6.04 Å². The lowest BCUT2D eigenvalue weighted by Gasteiger charge is -2.07. The van der Waals surface area contributed by atoms with Crippen molar-refractivity contribution in [3.05, 3.63) is 0 Å². The number of methoxy groups -OCH3 is 1. The lowest BCUT2D eigenvalue weighted by Crippen LogP contribution is -2.27. The summed E-state index contributed by atoms with van der Waals surface area (Å²) in [5.41, 5.74) is 0. The smallest absolute Gasteiger partial charge is 0.245 e. The fourth-order valence-corrected chi connectivity index (χ4v) is 1.76. The van der Waals surface area contributed by atoms with Crippen molar-refractivity contribution in [2.45, 2.75) is 58.4 Å². The lowest BCUT2D eigenvalue weighted by atomic mass is 10.1. The molecule has 18 heavy (non-hydrogen) atoms. The van der Waals surface area contributed by atoms with Gasteiger partial charge in [0.05, 0.1) is 0 Å². The molecule has 2 N–H and O–H groups in total. The molecule has 0 rings (SSSR count). The Bertz CT molecular complexity index is 196. The summed E-state index contributed by atoms with van der Waals surface area (Å²) in [5, 5.41) is 6.26. The highest BCUT2D eigenvalue weighted by atomic mass is 16.5. The molecule has 0 heterocycles. The highest BCUT2D eigenvalue weighted by Crippen LogP contribution is 2.04. The van der Waals surface area contributed by atoms with Gasteiger partial charge in [-0.2, -0.15) is 0 Å². The van der Waals surface area contributed by atoms with Crippen LogP contribution in [0.2, 0.25) is 0 Å². The van der Waals surface area contributed by atoms with Gasteiger partial charge in [-0.3, -0.25) is 4.79 Å². The Balaban J connectivity index is 3.05. The third-order valence-electron chi connectivity index (χ3n) is 2.75. The molecule has 0 unspecified atom stereocenters. The minimum atomic E-state index is -0.0164. The van der Waals surface area contributed by atoms with Crippen LogP contribution in [0.25, 0.3) is 0 Å². The molecule has 0 spiro atoms. The fraction of sp³-hybridized carbons (Fsp3) is 0.929. The minimum absolute atomic E-state index is 0.0164. The number of carbonyl (C=O) groups excluding carboxylic acids is 1. The Kier molecular flexibility index (Phi) is 12.4. The number of amides is 1. The van der Waals surface area contributed by atoms with Crippen LogP contribution in [0.15, 0.2) is 0 Å². The molecule has 0 aromatic carbocycles. The quantitative estimate of drug-likeness (QED) is 0.527. The first-order chi connectivity index (χ1) is 8.66. The SMILES string of the molecule is COCC(=O)NCCCCCCCCNC(C)C. The van der Waals surface area contributed by atoms with Crippen LogP contribution in [0.4, 0.5) is 0 Å². The van der Waals surface area contributed by atoms with E-state index in [9.17, 15) is 4.79 Å². The van der Waals surface area contributed by atoms with Crippen LogP contribution in [-0.4, -0.2) is 38.8 Å². The zero-order valence-corrected chi connectivity index (χ0v) is 12.3. The van der Waals surface area contributed by atoms with Crippen LogP contribution in [0, 0.1) is 0 Å². The first-order valence-electron chi connectivity index (χ1n) is 7.16. The first kappa shape index (κ1) is 17.4. The maximum absolute atomic E-state index is 11.1. The van der Waals surface area contributed by atoms with Crippen molar-refractivity contribution in [2.75, 3.05) is 26.8 Å². The first-order valence-corrected chi connectivity index (χ1v) is 7.16. The molecular weight excluding hydrogens is 228 g/mol. The maximum atomic E-state index is 11.1. The highest BCUT2D eigenvalue weighted by Gasteiger charge is 1.98. The van der Waals surface area contributed by atoms with E-state index in [1.165, 1.54) is 39.2 Å². The van der Waals surface area contributed by atoms with Gasteiger partial charge in [-0.05, 0) is 19.4 Å². The lowest BCUT2D eigenvalue weighted by molar-refractivity contribution is -0.124. The summed E-state index contributed by atoms with van der Waals surface area (Å²) in [4.78, 5) is 11.1. The molecule has 0 aromatic heterocycles. The predicted molar refractivity (Wildman–Crippen MR) is 75.7 cm³/mol. The largest absolute Gasteiger partial charge is 0.375 e. The number of rotatable bonds is 12. The van der Waals surface area contributed by atoms with Gasteiger partial charge in [-0.15, -0.1) is 0 Å². The third-order valence-corrected chi connectivity index (χ3v) is 2.75. The van der Waals surface area contributed by atoms with Crippen molar-refractivity contribution >= 4 is 5.91 Å². The Labute approximate surface area is 112 Å². The topological polar surface area (TPSA) is 50.4 Å². The van der Waals surface area contributed by atoms with E-state index in [2.05, 4.69) is 24.5 Å². The minimum Gasteiger partial charge on any atom is -0.375 e. The van der Waals surface area contributed by atoms with Crippen molar-refractivity contribution in [1.29, 1.82) is 0 Å². The zero-order chi connectivity index (χ0) is 13.6. The molecule has 0 atom stereocenters. The molecule has 0 saturated heterocycles. The summed E-state index contributed by atoms with van der Waals surface area (Å²) >= 11 is 0. The summed E-state index contributed by atoms with van der Waals surface area (Å²) in [6.07, 6.45) is 7.40. The van der Waals surface area contributed by atoms with E-state index in [0.717, 1.165) is 19.5 Å². The molecule has 0 aliphatic carbocycles. The van der Waals surface area contributed by atoms with E-state index in [1.807, 2.05) is 0 Å². The number of ether oxygens (including phenoxy) is 1. The molecule has 4 heteroatoms. The van der Waals surface area contributed by atoms with E-state index >= 15 is 0 Å². The molecule has 1 amide bonds. The number of hydrogen-bond donors (Lipinski definition) is 2. The number of unbranched alkanes of at least 4 members (excludes halogenated alkanes) is 5. The normalized spacial score (nSPS) is 10.9. The van der Waals surface area contributed by atoms with Crippen LogP contribution in [0.1, 0.15) is 52.4 Å². The van der Waals surface area contributed by atoms with E-state index in [-0.39, 0.29) is 12.5 Å². The third kappa shape index (κ3) is 13.5. The average Bonchev–Trinajstić information content (AvgIpc) is 2.31. The van der Waals surface area contributed by atoms with Gasteiger partial charge in [-0.1, -0.05) is 39.5 Å². The van der Waals surface area contributed by atoms with Gasteiger partial charge >= 0.3 is 0 Å². The van der Waals surface area contributed by atoms with Crippen LogP contribution >= 0.6 is 0 Å². The maximum Gasteiger partial charge on any atom is 0.245 e. The van der Waals surface area contributed by atoms with Crippen molar-refractivity contribution in [3.8, 4) is 0 Å². The molecule has 0 radical (unpaired) electrons. The second-order valence-electron chi connectivity index (χ2n) is 5.01. The van der Waals surface area contributed by atoms with Crippen molar-refractivity contribution in [2.24, 2.45) is 0 Å². The Hall–Kier alpha value is -0.610. The molecular formula is C14H30N2O2. The van der Waals surface area contributed by atoms with E-state index in [1.54, 1.807) is 0 Å². The predicted octanol–water partition coefficient (Wildman–Crippen LogP) is 2.09. The Morgan fingerprint density at radius 2 is 1.56 bits per heavy atom. The van der Waals surface area contributed by atoms with Gasteiger partial charge in [0, 0.05) is 19.7 Å². The zero-order valence-electron chi connectivity index (χ0n) is 12.3. The molecule has 4 nitrogen and oxygen atoms in total. The number of hydrogen-bond acceptors (Lipinski definition) is 3. The summed E-state index contributed by atoms with van der Waals surface area (Å²) in [6, 6.07) is 0.598. The standard InChI is InChI=1S/C14H30N2O2/c1-13(2)15-10-8-6-4-5-7-9-11-16-14(17)12-18-3/h13,15H,4-12H2,1-3H3,(H,16,17). The van der Waals surface area contributed by atoms with Crippen LogP contribution in [-0.2, 0) is 9.53 Å². The van der Waals surface area contributed by atoms with Crippen molar-refractivity contribution in [1.82, 2.24) is 10.6 Å². The summed E-state index contributed by atoms with van der Waals surface area (Å²) in [7, 11) is 1.54. The highest BCUT2D eigenvalue weighted by molar-refractivity contribution is 5.77. The van der Waals surface area contributed by atoms with Gasteiger partial charge in [-0.25, -0.2) is 0 Å². The van der Waals surface area contributed by atoms with E-state index < -0.39 is 0 Å². The Morgan fingerprint density at radius 3 is 2.11 bits per heavy atom. The second-order valence-corrected chi connectivity index (χ2v) is 5.01. The van der Waals surface area contributed by atoms with Gasteiger partial charge in [0.15, 0.2) is 0 Å². The monoisotopic (exact) mass is 258 g/mol. The molecule has 0 saturated carbocycles. The van der Waals surface area contributed by atoms with Gasteiger partial charge < -0.3 is 15.4 Å². The van der Waals surface area contributed by atoms with Crippen molar-refractivity contribution in [3.63, 3.8) is 0 Å². The number of nitrogens with one attached hydrogen (secondary N) is 2. The molecule has 0 aliphatic heterocycles. The van der Waals surface area contributed by atoms with Gasteiger partial charge in [0.25, 0.3) is 0 Å². The molecule has 0 bridgehead atoms. The Morgan fingerprint density at radius 1 is 1.00 bits per heavy atom. The summed E-state index contributed by atoms with van der Waals surface area (Å²) < 4.78 is 4.74. The second kappa shape index (κ2) is 12.8. The van der Waals surface area contributed by atoms with E-state index in [4.69, 9.17) is 4.74 Å². The van der Waals surface area contributed by atoms with Crippen LogP contribution in [0.5, 0.6) is 0 Å². The molecule has 0 aliphatic rings. The summed E-state index contributed by atoms with van der Waals surface area (Å²) in [5.74, 6) is -0.0164. The average molecular weight is 258 g/mol. The number of carbonyl (C=O) groups is 1. The molecule has 0 aromatic rings. The van der Waals surface area contributed by atoms with Gasteiger partial charge in [0.1, 0.15) is 6.61 Å².